The standard InChI is InChI=1S/C25H25N5O5/c1-15(31)35-29-23-12-17-6-3-2-5-16(17)11-21(23)27-24(25(29)32)20-14-28(10-4-9-26)22-13-18(30(33)34)7-8-19(20)22/h7-8,11-14H,2-6,9-10,26H2,1H3. The van der Waals surface area contributed by atoms with E-state index < -0.39 is 16.5 Å². The van der Waals surface area contributed by atoms with Crippen molar-refractivity contribution in [3.63, 3.8) is 0 Å². The van der Waals surface area contributed by atoms with Crippen molar-refractivity contribution >= 4 is 33.6 Å². The summed E-state index contributed by atoms with van der Waals surface area (Å²) in [5.41, 5.74) is 9.59. The van der Waals surface area contributed by atoms with Crippen LogP contribution in [0.15, 0.2) is 41.3 Å². The summed E-state index contributed by atoms with van der Waals surface area (Å²) in [7, 11) is 0. The lowest BCUT2D eigenvalue weighted by Gasteiger charge is -2.18. The Balaban J connectivity index is 1.79. The highest BCUT2D eigenvalue weighted by Crippen LogP contribution is 2.32. The van der Waals surface area contributed by atoms with Crippen molar-refractivity contribution in [2.24, 2.45) is 5.73 Å². The van der Waals surface area contributed by atoms with Gasteiger partial charge in [-0.3, -0.25) is 14.9 Å². The summed E-state index contributed by atoms with van der Waals surface area (Å²) in [4.78, 5) is 46.5. The average molecular weight is 476 g/mol. The number of non-ortho nitro benzene ring substituents is 1. The largest absolute Gasteiger partial charge is 0.347 e. The van der Waals surface area contributed by atoms with Gasteiger partial charge in [0.15, 0.2) is 0 Å². The maximum absolute atomic E-state index is 13.6. The van der Waals surface area contributed by atoms with Crippen molar-refractivity contribution in [3.8, 4) is 11.3 Å². The monoisotopic (exact) mass is 475 g/mol. The van der Waals surface area contributed by atoms with Crippen molar-refractivity contribution in [2.45, 2.75) is 45.6 Å². The van der Waals surface area contributed by atoms with E-state index in [9.17, 15) is 19.7 Å². The van der Waals surface area contributed by atoms with Crippen LogP contribution in [0.4, 0.5) is 5.69 Å². The van der Waals surface area contributed by atoms with E-state index >= 15 is 0 Å². The SMILES string of the molecule is CC(=O)On1c(=O)c(-c2cn(CCCN)c3cc([N+](=O)[O-])ccc23)nc2cc3c(cc21)CCCC3. The Hall–Kier alpha value is -4.05. The molecule has 5 rings (SSSR count). The topological polar surface area (TPSA) is 135 Å². The predicted octanol–water partition coefficient (Wildman–Crippen LogP) is 3.13. The molecule has 0 unspecified atom stereocenters. The molecule has 0 amide bonds. The second kappa shape index (κ2) is 8.95. The first-order valence-electron chi connectivity index (χ1n) is 11.6. The van der Waals surface area contributed by atoms with E-state index in [0.29, 0.717) is 47.0 Å². The molecule has 0 spiro atoms. The molecular weight excluding hydrogens is 450 g/mol. The van der Waals surface area contributed by atoms with Gasteiger partial charge in [-0.2, -0.15) is 0 Å². The minimum atomic E-state index is -0.621. The van der Waals surface area contributed by atoms with Crippen LogP contribution in [0.25, 0.3) is 33.2 Å². The molecule has 0 radical (unpaired) electrons. The number of carbonyl (C=O) groups is 1. The quantitative estimate of drug-likeness (QED) is 0.334. The lowest BCUT2D eigenvalue weighted by molar-refractivity contribution is -0.384. The Bertz CT molecular complexity index is 1550. The molecule has 0 aliphatic heterocycles. The molecule has 0 saturated heterocycles. The lowest BCUT2D eigenvalue weighted by Crippen LogP contribution is -2.32. The summed E-state index contributed by atoms with van der Waals surface area (Å²) in [5.74, 6) is -0.621. The fourth-order valence-corrected chi connectivity index (χ4v) is 4.81. The van der Waals surface area contributed by atoms with Gasteiger partial charge in [0, 0.05) is 42.7 Å². The number of rotatable bonds is 6. The number of nitro benzene ring substituents is 1. The average Bonchev–Trinajstić information content (AvgIpc) is 3.20. The van der Waals surface area contributed by atoms with Gasteiger partial charge in [-0.1, -0.05) is 0 Å². The van der Waals surface area contributed by atoms with Crippen LogP contribution in [0, 0.1) is 10.1 Å². The summed E-state index contributed by atoms with van der Waals surface area (Å²) in [6, 6.07) is 8.36. The molecule has 1 aliphatic rings. The number of nitrogens with zero attached hydrogens (tertiary/aromatic N) is 4. The van der Waals surface area contributed by atoms with Gasteiger partial charge in [-0.05, 0) is 68.0 Å². The van der Waals surface area contributed by atoms with E-state index in [1.807, 2.05) is 16.7 Å². The third-order valence-electron chi connectivity index (χ3n) is 6.43. The molecule has 1 aliphatic carbocycles. The zero-order valence-corrected chi connectivity index (χ0v) is 19.3. The zero-order valence-electron chi connectivity index (χ0n) is 19.3. The van der Waals surface area contributed by atoms with Crippen LogP contribution in [0.3, 0.4) is 0 Å². The van der Waals surface area contributed by atoms with Crippen LogP contribution < -0.4 is 16.1 Å². The number of nitrogens with two attached hydrogens (primary N) is 1. The molecule has 0 atom stereocenters. The number of aromatic nitrogens is 3. The van der Waals surface area contributed by atoms with Crippen LogP contribution in [0.2, 0.25) is 0 Å². The maximum Gasteiger partial charge on any atom is 0.330 e. The summed E-state index contributed by atoms with van der Waals surface area (Å²) in [6.07, 6.45) is 6.39. The zero-order chi connectivity index (χ0) is 24.7. The molecule has 0 fully saturated rings. The first kappa shape index (κ1) is 22.7. The van der Waals surface area contributed by atoms with Crippen molar-refractivity contribution in [1.82, 2.24) is 14.3 Å². The number of benzene rings is 2. The van der Waals surface area contributed by atoms with E-state index in [2.05, 4.69) is 0 Å². The molecule has 2 N–H and O–H groups in total. The van der Waals surface area contributed by atoms with Crippen molar-refractivity contribution in [3.05, 3.63) is 68.1 Å². The fraction of sp³-hybridized carbons (Fsp3) is 0.320. The molecule has 35 heavy (non-hydrogen) atoms. The van der Waals surface area contributed by atoms with Crippen molar-refractivity contribution in [2.75, 3.05) is 6.54 Å². The molecule has 10 heteroatoms. The normalized spacial score (nSPS) is 13.2. The molecule has 2 aromatic heterocycles. The second-order valence-corrected chi connectivity index (χ2v) is 8.80. The number of nitro groups is 1. The highest BCUT2D eigenvalue weighted by Gasteiger charge is 2.22. The highest BCUT2D eigenvalue weighted by molar-refractivity contribution is 5.97. The summed E-state index contributed by atoms with van der Waals surface area (Å²) < 4.78 is 2.86. The molecule has 10 nitrogen and oxygen atoms in total. The van der Waals surface area contributed by atoms with Crippen LogP contribution in [0.5, 0.6) is 0 Å². The molecule has 180 valence electrons. The minimum Gasteiger partial charge on any atom is -0.347 e. The molecule has 0 bridgehead atoms. The predicted molar refractivity (Wildman–Crippen MR) is 131 cm³/mol. The van der Waals surface area contributed by atoms with E-state index in [-0.39, 0.29) is 11.4 Å². The lowest BCUT2D eigenvalue weighted by atomic mass is 9.91. The fourth-order valence-electron chi connectivity index (χ4n) is 4.81. The first-order chi connectivity index (χ1) is 16.9. The van der Waals surface area contributed by atoms with Gasteiger partial charge in [0.05, 0.1) is 16.0 Å². The van der Waals surface area contributed by atoms with Gasteiger partial charge in [0.2, 0.25) is 0 Å². The van der Waals surface area contributed by atoms with Crippen LogP contribution in [-0.4, -0.2) is 31.7 Å². The number of hydrogen-bond acceptors (Lipinski definition) is 7. The Morgan fingerprint density at radius 2 is 1.91 bits per heavy atom. The number of fused-ring (bicyclic) bond motifs is 3. The Morgan fingerprint density at radius 3 is 2.60 bits per heavy atom. The molecule has 2 aromatic carbocycles. The summed E-state index contributed by atoms with van der Waals surface area (Å²) >= 11 is 0. The Kier molecular flexibility index (Phi) is 5.81. The van der Waals surface area contributed by atoms with E-state index in [1.165, 1.54) is 24.6 Å². The van der Waals surface area contributed by atoms with Gasteiger partial charge < -0.3 is 15.1 Å². The second-order valence-electron chi connectivity index (χ2n) is 8.80. The third-order valence-corrected chi connectivity index (χ3v) is 6.43. The molecule has 2 heterocycles. The van der Waals surface area contributed by atoms with Gasteiger partial charge in [0.25, 0.3) is 5.69 Å². The minimum absolute atomic E-state index is 0.0495. The first-order valence-corrected chi connectivity index (χ1v) is 11.6. The molecule has 4 aromatic rings. The van der Waals surface area contributed by atoms with Crippen LogP contribution in [-0.2, 0) is 24.2 Å². The van der Waals surface area contributed by atoms with E-state index in [0.717, 1.165) is 36.0 Å². The maximum atomic E-state index is 13.6. The summed E-state index contributed by atoms with van der Waals surface area (Å²) in [5, 5.41) is 12.0. The van der Waals surface area contributed by atoms with Crippen molar-refractivity contribution in [1.29, 1.82) is 0 Å². The van der Waals surface area contributed by atoms with Crippen LogP contribution in [0.1, 0.15) is 37.3 Å². The number of carbonyl (C=O) groups excluding carboxylic acids is 1. The summed E-state index contributed by atoms with van der Waals surface area (Å²) in [6.45, 7) is 2.21. The number of aryl methyl sites for hydroxylation is 3. The van der Waals surface area contributed by atoms with Crippen LogP contribution >= 0.6 is 0 Å². The van der Waals surface area contributed by atoms with Gasteiger partial charge in [-0.15, -0.1) is 4.73 Å². The van der Waals surface area contributed by atoms with E-state index in [4.69, 9.17) is 15.6 Å². The molecular formula is C25H25N5O5. The number of hydrogen-bond donors (Lipinski definition) is 1. The van der Waals surface area contributed by atoms with E-state index in [1.54, 1.807) is 12.3 Å². The van der Waals surface area contributed by atoms with Crippen molar-refractivity contribution < 1.29 is 14.6 Å². The Labute approximate surface area is 200 Å². The molecule has 0 saturated carbocycles. The Morgan fingerprint density at radius 1 is 1.17 bits per heavy atom. The smallest absolute Gasteiger partial charge is 0.330 e. The van der Waals surface area contributed by atoms with Gasteiger partial charge >= 0.3 is 11.5 Å². The van der Waals surface area contributed by atoms with Gasteiger partial charge in [-0.25, -0.2) is 9.78 Å². The third kappa shape index (κ3) is 4.06. The highest BCUT2D eigenvalue weighted by atomic mass is 16.7. The van der Waals surface area contributed by atoms with Gasteiger partial charge in [0.1, 0.15) is 11.2 Å².